The second kappa shape index (κ2) is 8.35. The van der Waals surface area contributed by atoms with Crippen LogP contribution in [0.2, 0.25) is 0 Å². The van der Waals surface area contributed by atoms with Crippen LogP contribution in [0.1, 0.15) is 60.3 Å². The molecule has 0 radical (unpaired) electrons. The van der Waals surface area contributed by atoms with Crippen molar-refractivity contribution >= 4 is 18.0 Å². The molecular formula is C17H29NO6. The van der Waals surface area contributed by atoms with Gasteiger partial charge < -0.3 is 19.9 Å². The molecule has 1 saturated carbocycles. The van der Waals surface area contributed by atoms with Crippen molar-refractivity contribution in [2.45, 2.75) is 72.6 Å². The van der Waals surface area contributed by atoms with E-state index in [9.17, 15) is 14.4 Å². The van der Waals surface area contributed by atoms with Gasteiger partial charge in [-0.25, -0.2) is 4.79 Å². The van der Waals surface area contributed by atoms with Crippen molar-refractivity contribution in [3.05, 3.63) is 0 Å². The molecule has 7 heteroatoms. The molecule has 24 heavy (non-hydrogen) atoms. The molecule has 2 N–H and O–H groups in total. The first-order chi connectivity index (χ1) is 11.0. The van der Waals surface area contributed by atoms with Crippen LogP contribution in [0.25, 0.3) is 0 Å². The van der Waals surface area contributed by atoms with Crippen LogP contribution in [-0.4, -0.2) is 35.5 Å². The van der Waals surface area contributed by atoms with Crippen molar-refractivity contribution in [1.82, 2.24) is 5.32 Å². The van der Waals surface area contributed by atoms with E-state index in [1.807, 2.05) is 6.92 Å². The average Bonchev–Trinajstić information content (AvgIpc) is 2.45. The Balaban J connectivity index is 2.37. The standard InChI is InChI=1S/C17H29NO6/c1-10(12-6-8-13(9-7-12)14(19)20)18-16(22)24-11(2)23-15(21)17(3,4)5/h10-13H,6-9H2,1-5H3,(H,18,22)(H,19,20)/t10?,11?,12-,13-. The second-order valence-corrected chi connectivity index (χ2v) is 7.51. The molecule has 1 aliphatic carbocycles. The molecule has 0 aromatic carbocycles. The molecule has 2 unspecified atom stereocenters. The number of nitrogens with one attached hydrogen (secondary N) is 1. The van der Waals surface area contributed by atoms with Crippen LogP contribution in [0.4, 0.5) is 4.79 Å². The molecule has 0 bridgehead atoms. The van der Waals surface area contributed by atoms with Gasteiger partial charge in [0, 0.05) is 13.0 Å². The zero-order valence-electron chi connectivity index (χ0n) is 15.1. The minimum absolute atomic E-state index is 0.127. The summed E-state index contributed by atoms with van der Waals surface area (Å²) in [5.41, 5.74) is -0.663. The number of alkyl carbamates (subject to hydrolysis) is 1. The third-order valence-corrected chi connectivity index (χ3v) is 4.33. The second-order valence-electron chi connectivity index (χ2n) is 7.51. The number of ether oxygens (including phenoxy) is 2. The summed E-state index contributed by atoms with van der Waals surface area (Å²) in [7, 11) is 0. The van der Waals surface area contributed by atoms with Crippen LogP contribution in [0.15, 0.2) is 0 Å². The number of esters is 1. The van der Waals surface area contributed by atoms with Crippen LogP contribution < -0.4 is 5.32 Å². The third-order valence-electron chi connectivity index (χ3n) is 4.33. The van der Waals surface area contributed by atoms with Gasteiger partial charge in [0.15, 0.2) is 0 Å². The topological polar surface area (TPSA) is 102 Å². The number of amides is 1. The predicted molar refractivity (Wildman–Crippen MR) is 87.2 cm³/mol. The van der Waals surface area contributed by atoms with Gasteiger partial charge in [0.05, 0.1) is 11.3 Å². The summed E-state index contributed by atoms with van der Waals surface area (Å²) >= 11 is 0. The molecule has 138 valence electrons. The van der Waals surface area contributed by atoms with E-state index in [1.165, 1.54) is 6.92 Å². The minimum Gasteiger partial charge on any atom is -0.481 e. The number of carboxylic acids is 1. The molecule has 1 fully saturated rings. The van der Waals surface area contributed by atoms with Crippen LogP contribution in [0, 0.1) is 17.3 Å². The summed E-state index contributed by atoms with van der Waals surface area (Å²) in [5.74, 6) is -1.25. The smallest absolute Gasteiger partial charge is 0.410 e. The lowest BCUT2D eigenvalue weighted by Crippen LogP contribution is -2.42. The van der Waals surface area contributed by atoms with Gasteiger partial charge in [-0.15, -0.1) is 0 Å². The molecular weight excluding hydrogens is 314 g/mol. The minimum atomic E-state index is -0.966. The highest BCUT2D eigenvalue weighted by Crippen LogP contribution is 2.31. The largest absolute Gasteiger partial charge is 0.481 e. The van der Waals surface area contributed by atoms with E-state index in [-0.39, 0.29) is 17.9 Å². The average molecular weight is 343 g/mol. The molecule has 1 rings (SSSR count). The normalized spacial score (nSPS) is 23.7. The van der Waals surface area contributed by atoms with E-state index >= 15 is 0 Å². The Labute approximate surface area is 143 Å². The van der Waals surface area contributed by atoms with Gasteiger partial charge in [0.25, 0.3) is 0 Å². The van der Waals surface area contributed by atoms with E-state index in [4.69, 9.17) is 14.6 Å². The maximum atomic E-state index is 11.9. The Bertz CT molecular complexity index is 462. The summed E-state index contributed by atoms with van der Waals surface area (Å²) in [6, 6.07) is -0.127. The maximum Gasteiger partial charge on any atom is 0.410 e. The van der Waals surface area contributed by atoms with Crippen LogP contribution in [-0.2, 0) is 19.1 Å². The Morgan fingerprint density at radius 3 is 2.04 bits per heavy atom. The van der Waals surface area contributed by atoms with E-state index in [0.717, 1.165) is 12.8 Å². The van der Waals surface area contributed by atoms with Gasteiger partial charge >= 0.3 is 18.0 Å². The first-order valence-electron chi connectivity index (χ1n) is 8.41. The SMILES string of the molecule is CC(OC(=O)NC(C)[C@H]1CC[C@H](C(=O)O)CC1)OC(=O)C(C)(C)C. The zero-order valence-corrected chi connectivity index (χ0v) is 15.1. The predicted octanol–water partition coefficient (Wildman–Crippen LogP) is 2.93. The summed E-state index contributed by atoms with van der Waals surface area (Å²) in [5, 5.41) is 11.7. The van der Waals surface area contributed by atoms with E-state index < -0.39 is 29.7 Å². The molecule has 2 atom stereocenters. The number of carbonyl (C=O) groups is 3. The van der Waals surface area contributed by atoms with Crippen molar-refractivity contribution in [2.24, 2.45) is 17.3 Å². The quantitative estimate of drug-likeness (QED) is 0.588. The zero-order chi connectivity index (χ0) is 18.5. The molecule has 1 aliphatic rings. The van der Waals surface area contributed by atoms with E-state index in [2.05, 4.69) is 5.32 Å². The van der Waals surface area contributed by atoms with Gasteiger partial charge in [-0.2, -0.15) is 0 Å². The molecule has 0 spiro atoms. The third kappa shape index (κ3) is 6.37. The first kappa shape index (κ1) is 20.3. The fourth-order valence-corrected chi connectivity index (χ4v) is 2.71. The number of hydrogen-bond donors (Lipinski definition) is 2. The molecule has 0 saturated heterocycles. The molecule has 7 nitrogen and oxygen atoms in total. The molecule has 0 heterocycles. The maximum absolute atomic E-state index is 11.9. The van der Waals surface area contributed by atoms with Crippen LogP contribution >= 0.6 is 0 Å². The Morgan fingerprint density at radius 1 is 1.04 bits per heavy atom. The number of rotatable bonds is 5. The summed E-state index contributed by atoms with van der Waals surface area (Å²) in [4.78, 5) is 34.6. The van der Waals surface area contributed by atoms with E-state index in [1.54, 1.807) is 20.8 Å². The van der Waals surface area contributed by atoms with Crippen molar-refractivity contribution in [3.8, 4) is 0 Å². The lowest BCUT2D eigenvalue weighted by molar-refractivity contribution is -0.174. The molecule has 0 aromatic rings. The number of aliphatic carboxylic acids is 1. The van der Waals surface area contributed by atoms with Gasteiger partial charge in [-0.05, 0) is 59.3 Å². The highest BCUT2D eigenvalue weighted by atomic mass is 16.7. The van der Waals surface area contributed by atoms with Gasteiger partial charge in [0.2, 0.25) is 6.29 Å². The van der Waals surface area contributed by atoms with Gasteiger partial charge in [-0.1, -0.05) is 0 Å². The van der Waals surface area contributed by atoms with Crippen molar-refractivity contribution in [2.75, 3.05) is 0 Å². The summed E-state index contributed by atoms with van der Waals surface area (Å²) in [6.07, 6.45) is 1.16. The number of carbonyl (C=O) groups excluding carboxylic acids is 2. The first-order valence-corrected chi connectivity index (χ1v) is 8.41. The molecule has 0 aliphatic heterocycles. The fourth-order valence-electron chi connectivity index (χ4n) is 2.71. The Morgan fingerprint density at radius 2 is 1.58 bits per heavy atom. The van der Waals surface area contributed by atoms with Crippen molar-refractivity contribution < 1.29 is 29.0 Å². The highest BCUT2D eigenvalue weighted by molar-refractivity contribution is 5.75. The van der Waals surface area contributed by atoms with Gasteiger partial charge in [0.1, 0.15) is 0 Å². The molecule has 0 aromatic heterocycles. The lowest BCUT2D eigenvalue weighted by atomic mass is 9.79. The fraction of sp³-hybridized carbons (Fsp3) is 0.824. The van der Waals surface area contributed by atoms with Crippen molar-refractivity contribution in [1.29, 1.82) is 0 Å². The van der Waals surface area contributed by atoms with Crippen LogP contribution in [0.5, 0.6) is 0 Å². The summed E-state index contributed by atoms with van der Waals surface area (Å²) in [6.45, 7) is 8.53. The lowest BCUT2D eigenvalue weighted by Gasteiger charge is -2.31. The molecule has 1 amide bonds. The number of hydrogen-bond acceptors (Lipinski definition) is 5. The monoisotopic (exact) mass is 343 g/mol. The van der Waals surface area contributed by atoms with Crippen LogP contribution in [0.3, 0.4) is 0 Å². The Hall–Kier alpha value is -1.79. The van der Waals surface area contributed by atoms with E-state index in [0.29, 0.717) is 12.8 Å². The number of carboxylic acid groups (broad SMARTS) is 1. The van der Waals surface area contributed by atoms with Gasteiger partial charge in [-0.3, -0.25) is 9.59 Å². The summed E-state index contributed by atoms with van der Waals surface area (Å²) < 4.78 is 10.1. The van der Waals surface area contributed by atoms with Crippen molar-refractivity contribution in [3.63, 3.8) is 0 Å². The Kier molecular flexibility index (Phi) is 7.05. The highest BCUT2D eigenvalue weighted by Gasteiger charge is 2.30.